The molecule has 1 nitrogen and oxygen atoms in total. The van der Waals surface area contributed by atoms with Gasteiger partial charge in [-0.1, -0.05) is 25.1 Å². The van der Waals surface area contributed by atoms with Crippen molar-refractivity contribution >= 4 is 16.9 Å². The van der Waals surface area contributed by atoms with Crippen molar-refractivity contribution in [2.75, 3.05) is 5.75 Å². The smallest absolute Gasteiger partial charge is 0.185 e. The van der Waals surface area contributed by atoms with Gasteiger partial charge < -0.3 is 0 Å². The number of unbranched alkanes of at least 4 members (excludes halogenated alkanes) is 1. The maximum Gasteiger partial charge on any atom is 0.185 e. The Balaban J connectivity index is 2.82. The summed E-state index contributed by atoms with van der Waals surface area (Å²) < 4.78 is 0. The SMILES string of the molecule is CCCCSC(C)=O. The summed E-state index contributed by atoms with van der Waals surface area (Å²) >= 11 is 1.42. The Morgan fingerprint density at radius 2 is 2.25 bits per heavy atom. The molecule has 0 saturated heterocycles. The molecule has 0 aromatic carbocycles. The fraction of sp³-hybridized carbons (Fsp3) is 0.833. The highest BCUT2D eigenvalue weighted by molar-refractivity contribution is 8.13. The van der Waals surface area contributed by atoms with Crippen molar-refractivity contribution in [1.82, 2.24) is 0 Å². The van der Waals surface area contributed by atoms with Gasteiger partial charge in [-0.05, 0) is 6.42 Å². The summed E-state index contributed by atoms with van der Waals surface area (Å²) in [5.41, 5.74) is 0. The number of carbonyl (C=O) groups is 1. The van der Waals surface area contributed by atoms with Gasteiger partial charge in [0.15, 0.2) is 5.12 Å². The van der Waals surface area contributed by atoms with Gasteiger partial charge in [-0.15, -0.1) is 0 Å². The van der Waals surface area contributed by atoms with Gasteiger partial charge in [0.05, 0.1) is 0 Å². The molecule has 0 heterocycles. The molecule has 0 fully saturated rings. The second-order valence-corrected chi connectivity index (χ2v) is 2.97. The van der Waals surface area contributed by atoms with Crippen LogP contribution in [0.3, 0.4) is 0 Å². The molecule has 2 heteroatoms. The van der Waals surface area contributed by atoms with Gasteiger partial charge in [-0.3, -0.25) is 4.79 Å². The molecule has 0 aliphatic carbocycles. The summed E-state index contributed by atoms with van der Waals surface area (Å²) in [7, 11) is 0. The first-order chi connectivity index (χ1) is 3.77. The third kappa shape index (κ3) is 6.02. The van der Waals surface area contributed by atoms with Gasteiger partial charge in [0.25, 0.3) is 0 Å². The third-order valence-corrected chi connectivity index (χ3v) is 1.70. The van der Waals surface area contributed by atoms with E-state index in [-0.39, 0.29) is 5.12 Å². The van der Waals surface area contributed by atoms with Crippen molar-refractivity contribution in [1.29, 1.82) is 0 Å². The minimum Gasteiger partial charge on any atom is -0.288 e. The summed E-state index contributed by atoms with van der Waals surface area (Å²) in [5, 5.41) is 0.235. The topological polar surface area (TPSA) is 17.1 Å². The largest absolute Gasteiger partial charge is 0.288 e. The van der Waals surface area contributed by atoms with Gasteiger partial charge in [0.1, 0.15) is 0 Å². The van der Waals surface area contributed by atoms with Crippen molar-refractivity contribution in [3.05, 3.63) is 0 Å². The van der Waals surface area contributed by atoms with Crippen LogP contribution in [0.15, 0.2) is 0 Å². The van der Waals surface area contributed by atoms with E-state index < -0.39 is 0 Å². The van der Waals surface area contributed by atoms with Gasteiger partial charge >= 0.3 is 0 Å². The Hall–Kier alpha value is 0.0200. The number of hydrogen-bond acceptors (Lipinski definition) is 2. The van der Waals surface area contributed by atoms with E-state index in [0.717, 1.165) is 12.2 Å². The van der Waals surface area contributed by atoms with E-state index in [4.69, 9.17) is 0 Å². The lowest BCUT2D eigenvalue weighted by Gasteiger charge is -1.90. The van der Waals surface area contributed by atoms with Crippen LogP contribution in [0.5, 0.6) is 0 Å². The van der Waals surface area contributed by atoms with Gasteiger partial charge in [-0.2, -0.15) is 0 Å². The molecule has 0 saturated carbocycles. The summed E-state index contributed by atoms with van der Waals surface area (Å²) in [5.74, 6) is 0.992. The Kier molecular flexibility index (Phi) is 5.18. The lowest BCUT2D eigenvalue weighted by atomic mass is 10.4. The molecule has 0 spiro atoms. The summed E-state index contributed by atoms with van der Waals surface area (Å²) in [6.45, 7) is 3.74. The van der Waals surface area contributed by atoms with E-state index in [9.17, 15) is 4.79 Å². The number of thioether (sulfide) groups is 1. The highest BCUT2D eigenvalue weighted by Crippen LogP contribution is 2.03. The summed E-state index contributed by atoms with van der Waals surface area (Å²) in [6, 6.07) is 0. The molecule has 0 amide bonds. The van der Waals surface area contributed by atoms with E-state index in [1.54, 1.807) is 6.92 Å². The molecule has 0 aliphatic rings. The van der Waals surface area contributed by atoms with Crippen LogP contribution in [0, 0.1) is 0 Å². The first kappa shape index (κ1) is 8.02. The molecule has 0 atom stereocenters. The Bertz CT molecular complexity index is 70.9. The quantitative estimate of drug-likeness (QED) is 0.547. The van der Waals surface area contributed by atoms with Gasteiger partial charge in [0, 0.05) is 12.7 Å². The number of carbonyl (C=O) groups excluding carboxylic acids is 1. The van der Waals surface area contributed by atoms with Gasteiger partial charge in [-0.25, -0.2) is 0 Å². The van der Waals surface area contributed by atoms with Crippen molar-refractivity contribution in [3.8, 4) is 0 Å². The van der Waals surface area contributed by atoms with Crippen LogP contribution < -0.4 is 0 Å². The lowest BCUT2D eigenvalue weighted by Crippen LogP contribution is -1.83. The molecule has 0 rings (SSSR count). The zero-order valence-electron chi connectivity index (χ0n) is 5.44. The molecule has 0 N–H and O–H groups in total. The molecule has 0 radical (unpaired) electrons. The average Bonchev–Trinajstić information content (AvgIpc) is 1.66. The molecule has 0 aromatic heterocycles. The second kappa shape index (κ2) is 5.16. The third-order valence-electron chi connectivity index (χ3n) is 0.803. The minimum absolute atomic E-state index is 0.235. The van der Waals surface area contributed by atoms with Crippen LogP contribution in [0.25, 0.3) is 0 Å². The minimum atomic E-state index is 0.235. The molecular formula is C6H12OS. The molecule has 0 unspecified atom stereocenters. The van der Waals surface area contributed by atoms with Crippen LogP contribution in [0.1, 0.15) is 26.7 Å². The zero-order chi connectivity index (χ0) is 6.41. The predicted octanol–water partition coefficient (Wildman–Crippen LogP) is 2.07. The molecule has 0 bridgehead atoms. The maximum atomic E-state index is 10.3. The van der Waals surface area contributed by atoms with Crippen LogP contribution in [-0.2, 0) is 4.79 Å². The molecule has 8 heavy (non-hydrogen) atoms. The van der Waals surface area contributed by atoms with E-state index in [1.165, 1.54) is 18.2 Å². The average molecular weight is 132 g/mol. The summed E-state index contributed by atoms with van der Waals surface area (Å²) in [4.78, 5) is 10.3. The highest BCUT2D eigenvalue weighted by atomic mass is 32.2. The Labute approximate surface area is 54.8 Å². The van der Waals surface area contributed by atoms with E-state index >= 15 is 0 Å². The Morgan fingerprint density at radius 3 is 2.62 bits per heavy atom. The van der Waals surface area contributed by atoms with Crippen LogP contribution in [-0.4, -0.2) is 10.9 Å². The highest BCUT2D eigenvalue weighted by Gasteiger charge is 1.90. The standard InChI is InChI=1S/C6H12OS/c1-3-4-5-8-6(2)7/h3-5H2,1-2H3. The van der Waals surface area contributed by atoms with Gasteiger partial charge in [0.2, 0.25) is 0 Å². The van der Waals surface area contributed by atoms with Crippen molar-refractivity contribution in [3.63, 3.8) is 0 Å². The fourth-order valence-electron chi connectivity index (χ4n) is 0.360. The maximum absolute atomic E-state index is 10.3. The van der Waals surface area contributed by atoms with E-state index in [2.05, 4.69) is 6.92 Å². The number of hydrogen-bond donors (Lipinski definition) is 0. The first-order valence-corrected chi connectivity index (χ1v) is 3.89. The van der Waals surface area contributed by atoms with Crippen LogP contribution >= 0.6 is 11.8 Å². The van der Waals surface area contributed by atoms with Crippen molar-refractivity contribution < 1.29 is 4.79 Å². The molecular weight excluding hydrogens is 120 g/mol. The fourth-order valence-corrected chi connectivity index (χ4v) is 1.08. The molecule has 0 aliphatic heterocycles. The summed E-state index contributed by atoms with van der Waals surface area (Å²) in [6.07, 6.45) is 2.34. The lowest BCUT2D eigenvalue weighted by molar-refractivity contribution is -0.109. The van der Waals surface area contributed by atoms with Crippen LogP contribution in [0.4, 0.5) is 0 Å². The van der Waals surface area contributed by atoms with Crippen molar-refractivity contribution in [2.45, 2.75) is 26.7 Å². The zero-order valence-corrected chi connectivity index (χ0v) is 6.25. The normalized spacial score (nSPS) is 9.25. The van der Waals surface area contributed by atoms with Crippen LogP contribution in [0.2, 0.25) is 0 Å². The second-order valence-electron chi connectivity index (χ2n) is 1.69. The van der Waals surface area contributed by atoms with E-state index in [1.807, 2.05) is 0 Å². The number of rotatable bonds is 3. The Morgan fingerprint density at radius 1 is 1.62 bits per heavy atom. The molecule has 48 valence electrons. The molecule has 0 aromatic rings. The van der Waals surface area contributed by atoms with Crippen molar-refractivity contribution in [2.24, 2.45) is 0 Å². The first-order valence-electron chi connectivity index (χ1n) is 2.90. The monoisotopic (exact) mass is 132 g/mol. The predicted molar refractivity (Wildman–Crippen MR) is 38.0 cm³/mol. The van der Waals surface area contributed by atoms with E-state index in [0.29, 0.717) is 0 Å².